The van der Waals surface area contributed by atoms with Gasteiger partial charge < -0.3 is 15.0 Å². The van der Waals surface area contributed by atoms with Crippen molar-refractivity contribution in [1.29, 1.82) is 0 Å². The number of para-hydroxylation sites is 2. The number of nitrogens with one attached hydrogen (secondary N) is 1. The number of carboxylic acid groups (broad SMARTS) is 1. The van der Waals surface area contributed by atoms with Gasteiger partial charge in [-0.3, -0.25) is 4.79 Å². The minimum absolute atomic E-state index is 0.451. The molecule has 2 aromatic carbocycles. The van der Waals surface area contributed by atoms with Crippen LogP contribution >= 0.6 is 0 Å². The number of carboxylic acids is 1. The van der Waals surface area contributed by atoms with Crippen LogP contribution in [0.15, 0.2) is 60.8 Å². The van der Waals surface area contributed by atoms with Gasteiger partial charge in [0.25, 0.3) is 0 Å². The van der Waals surface area contributed by atoms with Gasteiger partial charge in [-0.05, 0) is 30.8 Å². The summed E-state index contributed by atoms with van der Waals surface area (Å²) in [6.07, 6.45) is 2.49. The molecule has 0 aliphatic rings. The summed E-state index contributed by atoms with van der Waals surface area (Å²) in [5, 5.41) is 13.2. The fraction of sp³-hybridized carbons (Fsp3) is 0.167. The topological polar surface area (TPSA) is 54.3 Å². The number of nitrogens with zero attached hydrogens (tertiary/aromatic N) is 1. The van der Waals surface area contributed by atoms with Crippen LogP contribution in [0.5, 0.6) is 0 Å². The van der Waals surface area contributed by atoms with Crippen molar-refractivity contribution in [2.24, 2.45) is 0 Å². The highest BCUT2D eigenvalue weighted by atomic mass is 16.4. The first kappa shape index (κ1) is 14.4. The Morgan fingerprint density at radius 3 is 2.50 bits per heavy atom. The van der Waals surface area contributed by atoms with Crippen LogP contribution in [-0.2, 0) is 11.2 Å². The number of aliphatic carboxylic acids is 1. The van der Waals surface area contributed by atoms with Crippen molar-refractivity contribution >= 4 is 16.9 Å². The van der Waals surface area contributed by atoms with Gasteiger partial charge in [-0.25, -0.2) is 0 Å². The second kappa shape index (κ2) is 6.03. The van der Waals surface area contributed by atoms with Gasteiger partial charge in [-0.15, -0.1) is 0 Å². The van der Waals surface area contributed by atoms with Crippen molar-refractivity contribution in [2.45, 2.75) is 12.5 Å². The van der Waals surface area contributed by atoms with E-state index in [2.05, 4.69) is 16.0 Å². The summed E-state index contributed by atoms with van der Waals surface area (Å²) in [4.78, 5) is 11.3. The lowest BCUT2D eigenvalue weighted by molar-refractivity contribution is -0.139. The molecule has 3 rings (SSSR count). The average molecular weight is 294 g/mol. The Bertz CT molecular complexity index is 793. The maximum Gasteiger partial charge on any atom is 0.321 e. The molecule has 22 heavy (non-hydrogen) atoms. The van der Waals surface area contributed by atoms with Crippen molar-refractivity contribution in [1.82, 2.24) is 9.88 Å². The molecule has 0 saturated heterocycles. The Morgan fingerprint density at radius 2 is 1.82 bits per heavy atom. The highest BCUT2D eigenvalue weighted by molar-refractivity contribution is 5.86. The molecule has 4 nitrogen and oxygen atoms in total. The number of hydrogen-bond donors (Lipinski definition) is 2. The van der Waals surface area contributed by atoms with Crippen LogP contribution in [0.3, 0.4) is 0 Å². The standard InChI is InChI=1S/C18H18N2O2/c1-19-16(18(21)22)11-13-12-20(14-7-3-2-4-8-14)17-10-6-5-9-15(13)17/h2-10,12,16,19H,11H2,1H3,(H,21,22). The van der Waals surface area contributed by atoms with Gasteiger partial charge in [-0.1, -0.05) is 36.4 Å². The zero-order chi connectivity index (χ0) is 15.5. The predicted molar refractivity (Wildman–Crippen MR) is 87.5 cm³/mol. The van der Waals surface area contributed by atoms with Crippen LogP contribution in [0.2, 0.25) is 0 Å². The van der Waals surface area contributed by atoms with Gasteiger partial charge >= 0.3 is 5.97 Å². The van der Waals surface area contributed by atoms with Crippen molar-refractivity contribution < 1.29 is 9.90 Å². The summed E-state index contributed by atoms with van der Waals surface area (Å²) in [5.74, 6) is -0.834. The fourth-order valence-corrected chi connectivity index (χ4v) is 2.75. The lowest BCUT2D eigenvalue weighted by atomic mass is 10.1. The summed E-state index contributed by atoms with van der Waals surface area (Å²) in [7, 11) is 1.68. The fourth-order valence-electron chi connectivity index (χ4n) is 2.75. The Kier molecular flexibility index (Phi) is 3.94. The van der Waals surface area contributed by atoms with E-state index in [9.17, 15) is 9.90 Å². The van der Waals surface area contributed by atoms with E-state index in [0.717, 1.165) is 22.2 Å². The number of hydrogen-bond acceptors (Lipinski definition) is 2. The number of aromatic nitrogens is 1. The van der Waals surface area contributed by atoms with Crippen LogP contribution in [0.25, 0.3) is 16.6 Å². The highest BCUT2D eigenvalue weighted by Crippen LogP contribution is 2.25. The molecule has 1 aromatic heterocycles. The predicted octanol–water partition coefficient (Wildman–Crippen LogP) is 2.85. The van der Waals surface area contributed by atoms with Gasteiger partial charge in [-0.2, -0.15) is 0 Å². The molecule has 0 aliphatic heterocycles. The Morgan fingerprint density at radius 1 is 1.14 bits per heavy atom. The smallest absolute Gasteiger partial charge is 0.321 e. The molecule has 0 fully saturated rings. The van der Waals surface area contributed by atoms with E-state index in [4.69, 9.17) is 0 Å². The number of carbonyl (C=O) groups is 1. The Hall–Kier alpha value is -2.59. The van der Waals surface area contributed by atoms with Gasteiger partial charge in [0.15, 0.2) is 0 Å². The maximum atomic E-state index is 11.3. The SMILES string of the molecule is CNC(Cc1cn(-c2ccccc2)c2ccccc12)C(=O)O. The molecule has 0 bridgehead atoms. The third kappa shape index (κ3) is 2.61. The molecule has 0 spiro atoms. The van der Waals surface area contributed by atoms with E-state index in [1.165, 1.54) is 0 Å². The normalized spacial score (nSPS) is 12.4. The molecule has 3 aromatic rings. The van der Waals surface area contributed by atoms with E-state index >= 15 is 0 Å². The quantitative estimate of drug-likeness (QED) is 0.761. The van der Waals surface area contributed by atoms with E-state index in [-0.39, 0.29) is 0 Å². The van der Waals surface area contributed by atoms with Crippen molar-refractivity contribution in [2.75, 3.05) is 7.05 Å². The molecule has 4 heteroatoms. The summed E-state index contributed by atoms with van der Waals surface area (Å²) in [6.45, 7) is 0. The lowest BCUT2D eigenvalue weighted by Gasteiger charge is -2.09. The summed E-state index contributed by atoms with van der Waals surface area (Å²) < 4.78 is 2.11. The molecule has 1 heterocycles. The molecule has 0 amide bonds. The molecule has 0 radical (unpaired) electrons. The van der Waals surface area contributed by atoms with Crippen molar-refractivity contribution in [3.63, 3.8) is 0 Å². The zero-order valence-electron chi connectivity index (χ0n) is 12.4. The molecule has 1 atom stereocenters. The number of likely N-dealkylation sites (N-methyl/N-ethyl adjacent to an activating group) is 1. The van der Waals surface area contributed by atoms with Gasteiger partial charge in [0, 0.05) is 23.7 Å². The Labute approximate surface area is 129 Å². The number of benzene rings is 2. The van der Waals surface area contributed by atoms with Crippen LogP contribution in [0.1, 0.15) is 5.56 Å². The van der Waals surface area contributed by atoms with E-state index in [0.29, 0.717) is 6.42 Å². The highest BCUT2D eigenvalue weighted by Gasteiger charge is 2.18. The molecule has 1 unspecified atom stereocenters. The third-order valence-electron chi connectivity index (χ3n) is 3.90. The molecule has 2 N–H and O–H groups in total. The minimum Gasteiger partial charge on any atom is -0.480 e. The zero-order valence-corrected chi connectivity index (χ0v) is 12.4. The Balaban J connectivity index is 2.10. The first-order valence-electron chi connectivity index (χ1n) is 7.25. The van der Waals surface area contributed by atoms with Crippen LogP contribution in [-0.4, -0.2) is 28.7 Å². The van der Waals surface area contributed by atoms with Crippen molar-refractivity contribution in [3.05, 3.63) is 66.4 Å². The number of fused-ring (bicyclic) bond motifs is 1. The lowest BCUT2D eigenvalue weighted by Crippen LogP contribution is -2.35. The van der Waals surface area contributed by atoms with Crippen LogP contribution in [0.4, 0.5) is 0 Å². The van der Waals surface area contributed by atoms with Gasteiger partial charge in [0.2, 0.25) is 0 Å². The molecule has 112 valence electrons. The van der Waals surface area contributed by atoms with Crippen molar-refractivity contribution in [3.8, 4) is 5.69 Å². The molecular formula is C18H18N2O2. The summed E-state index contributed by atoms with van der Waals surface area (Å²) in [5.41, 5.74) is 3.19. The van der Waals surface area contributed by atoms with Gasteiger partial charge in [0.05, 0.1) is 5.52 Å². The van der Waals surface area contributed by atoms with E-state index in [1.807, 2.05) is 54.7 Å². The van der Waals surface area contributed by atoms with Crippen LogP contribution < -0.4 is 5.32 Å². The third-order valence-corrected chi connectivity index (χ3v) is 3.90. The second-order valence-corrected chi connectivity index (χ2v) is 5.26. The average Bonchev–Trinajstić information content (AvgIpc) is 2.92. The van der Waals surface area contributed by atoms with E-state index in [1.54, 1.807) is 7.05 Å². The second-order valence-electron chi connectivity index (χ2n) is 5.26. The monoisotopic (exact) mass is 294 g/mol. The minimum atomic E-state index is -0.834. The van der Waals surface area contributed by atoms with E-state index < -0.39 is 12.0 Å². The molecule has 0 aliphatic carbocycles. The maximum absolute atomic E-state index is 11.3. The first-order valence-corrected chi connectivity index (χ1v) is 7.25. The first-order chi connectivity index (χ1) is 10.7. The summed E-state index contributed by atoms with van der Waals surface area (Å²) >= 11 is 0. The molecule has 0 saturated carbocycles. The summed E-state index contributed by atoms with van der Waals surface area (Å²) in [6, 6.07) is 17.6. The molecular weight excluding hydrogens is 276 g/mol. The largest absolute Gasteiger partial charge is 0.480 e. The van der Waals surface area contributed by atoms with Crippen LogP contribution in [0, 0.1) is 0 Å². The number of rotatable bonds is 5. The van der Waals surface area contributed by atoms with Gasteiger partial charge in [0.1, 0.15) is 6.04 Å².